The fourth-order valence-corrected chi connectivity index (χ4v) is 4.42. The summed E-state index contributed by atoms with van der Waals surface area (Å²) in [5.41, 5.74) is 1.39. The van der Waals surface area contributed by atoms with Crippen molar-refractivity contribution in [2.75, 3.05) is 13.2 Å². The first-order chi connectivity index (χ1) is 22.1. The third kappa shape index (κ3) is 9.98. The third-order valence-corrected chi connectivity index (χ3v) is 7.09. The maximum Gasteiger partial charge on any atom is 0.165 e. The summed E-state index contributed by atoms with van der Waals surface area (Å²) >= 11 is 0. The van der Waals surface area contributed by atoms with Gasteiger partial charge in [0.1, 0.15) is 36.1 Å². The van der Waals surface area contributed by atoms with E-state index >= 15 is 0 Å². The normalized spacial score (nSPS) is 14.1. The molecule has 46 heavy (non-hydrogen) atoms. The van der Waals surface area contributed by atoms with Crippen LogP contribution in [-0.2, 0) is 45.4 Å². The molecule has 8 nitrogen and oxygen atoms in total. The van der Waals surface area contributed by atoms with Gasteiger partial charge in [0.05, 0.1) is 39.6 Å². The minimum absolute atomic E-state index is 0.111. The van der Waals surface area contributed by atoms with Crippen molar-refractivity contribution in [3.63, 3.8) is 0 Å². The highest BCUT2D eigenvalue weighted by Crippen LogP contribution is 2.24. The number of ether oxygens (including phenoxy) is 4. The van der Waals surface area contributed by atoms with Gasteiger partial charge < -0.3 is 39.4 Å². The Morgan fingerprint density at radius 3 is 1.24 bits per heavy atom. The van der Waals surface area contributed by atoms with Crippen molar-refractivity contribution >= 4 is 0 Å². The van der Waals surface area contributed by atoms with E-state index in [1.807, 2.05) is 0 Å². The van der Waals surface area contributed by atoms with Gasteiger partial charge in [-0.15, -0.1) is 0 Å². The summed E-state index contributed by atoms with van der Waals surface area (Å²) in [7, 11) is 0. The fraction of sp³-hybridized carbons (Fsp3) is 0.294. The van der Waals surface area contributed by atoms with Crippen LogP contribution in [0.3, 0.4) is 0 Å². The van der Waals surface area contributed by atoms with Gasteiger partial charge in [0, 0.05) is 11.1 Å². The van der Waals surface area contributed by atoms with E-state index in [0.29, 0.717) is 11.1 Å². The third-order valence-electron chi connectivity index (χ3n) is 7.09. The number of hydrogen-bond donors (Lipinski definition) is 4. The van der Waals surface area contributed by atoms with Crippen LogP contribution < -0.4 is 0 Å². The van der Waals surface area contributed by atoms with E-state index in [-0.39, 0.29) is 50.8 Å². The molecule has 0 spiro atoms. The molecular formula is C34H34F4O8. The molecule has 0 radical (unpaired) electrons. The number of hydrogen-bond acceptors (Lipinski definition) is 8. The summed E-state index contributed by atoms with van der Waals surface area (Å²) in [5.74, 6) is -3.78. The van der Waals surface area contributed by atoms with E-state index in [4.69, 9.17) is 18.9 Å². The monoisotopic (exact) mass is 646 g/mol. The van der Waals surface area contributed by atoms with Crippen molar-refractivity contribution in [3.05, 3.63) is 130 Å². The Morgan fingerprint density at radius 1 is 0.500 bits per heavy atom. The molecule has 4 aromatic rings. The molecule has 0 aliphatic rings. The first-order valence-corrected chi connectivity index (χ1v) is 14.3. The molecule has 0 aromatic heterocycles. The van der Waals surface area contributed by atoms with Crippen molar-refractivity contribution < 1.29 is 56.9 Å². The lowest BCUT2D eigenvalue weighted by Gasteiger charge is -2.32. The molecule has 4 atom stereocenters. The van der Waals surface area contributed by atoms with Gasteiger partial charge in [0.2, 0.25) is 0 Å². The molecule has 4 N–H and O–H groups in total. The highest BCUT2D eigenvalue weighted by molar-refractivity contribution is 5.33. The Balaban J connectivity index is 1.48. The second kappa shape index (κ2) is 17.0. The van der Waals surface area contributed by atoms with Gasteiger partial charge >= 0.3 is 0 Å². The van der Waals surface area contributed by atoms with Gasteiger partial charge in [-0.2, -0.15) is 0 Å². The van der Waals surface area contributed by atoms with Crippen LogP contribution in [0.4, 0.5) is 17.6 Å². The Kier molecular flexibility index (Phi) is 12.9. The molecular weight excluding hydrogens is 612 g/mol. The number of phenolic OH excluding ortho intramolecular Hbond substituents is 2. The Morgan fingerprint density at radius 2 is 0.870 bits per heavy atom. The topological polar surface area (TPSA) is 118 Å². The zero-order valence-electron chi connectivity index (χ0n) is 24.6. The average Bonchev–Trinajstić information content (AvgIpc) is 3.05. The second-order valence-corrected chi connectivity index (χ2v) is 10.5. The summed E-state index contributed by atoms with van der Waals surface area (Å²) in [6, 6.07) is 18.7. The van der Waals surface area contributed by atoms with E-state index in [2.05, 4.69) is 0 Å². The summed E-state index contributed by atoms with van der Waals surface area (Å²) in [5, 5.41) is 42.6. The van der Waals surface area contributed by atoms with Crippen LogP contribution in [-0.4, -0.2) is 58.1 Å². The molecule has 0 saturated carbocycles. The molecule has 0 saturated heterocycles. The summed E-state index contributed by atoms with van der Waals surface area (Å²) < 4.78 is 77.4. The molecule has 0 aliphatic heterocycles. The lowest BCUT2D eigenvalue weighted by atomic mass is 10.0. The summed E-state index contributed by atoms with van der Waals surface area (Å²) in [4.78, 5) is 0. The maximum atomic E-state index is 13.8. The number of aliphatic hydroxyl groups excluding tert-OH is 2. The molecule has 246 valence electrons. The number of rotatable bonds is 17. The van der Waals surface area contributed by atoms with Crippen molar-refractivity contribution in [1.82, 2.24) is 0 Å². The van der Waals surface area contributed by atoms with E-state index in [0.717, 1.165) is 12.1 Å². The van der Waals surface area contributed by atoms with Crippen LogP contribution in [0.1, 0.15) is 22.3 Å². The Bertz CT molecular complexity index is 1410. The van der Waals surface area contributed by atoms with E-state index in [1.54, 1.807) is 0 Å². The zero-order valence-corrected chi connectivity index (χ0v) is 24.6. The zero-order chi connectivity index (χ0) is 33.1. The van der Waals surface area contributed by atoms with Crippen LogP contribution in [0.15, 0.2) is 84.9 Å². The fourth-order valence-electron chi connectivity index (χ4n) is 4.42. The van der Waals surface area contributed by atoms with Crippen LogP contribution in [0.25, 0.3) is 0 Å². The van der Waals surface area contributed by atoms with Crippen LogP contribution in [0, 0.1) is 23.3 Å². The van der Waals surface area contributed by atoms with Gasteiger partial charge in [0.25, 0.3) is 0 Å². The molecule has 4 aromatic carbocycles. The average molecular weight is 647 g/mol. The first-order valence-electron chi connectivity index (χ1n) is 14.3. The van der Waals surface area contributed by atoms with Crippen LogP contribution >= 0.6 is 0 Å². The van der Waals surface area contributed by atoms with Crippen molar-refractivity contribution in [3.8, 4) is 11.5 Å². The minimum Gasteiger partial charge on any atom is -0.505 e. The highest BCUT2D eigenvalue weighted by Gasteiger charge is 2.34. The molecule has 0 aliphatic carbocycles. The molecule has 0 bridgehead atoms. The van der Waals surface area contributed by atoms with Crippen LogP contribution in [0.5, 0.6) is 11.5 Å². The minimum atomic E-state index is -1.68. The predicted octanol–water partition coefficient (Wildman–Crippen LogP) is 5.28. The van der Waals surface area contributed by atoms with Gasteiger partial charge in [-0.25, -0.2) is 17.6 Å². The van der Waals surface area contributed by atoms with E-state index in [1.165, 1.54) is 72.8 Å². The number of phenols is 2. The van der Waals surface area contributed by atoms with Gasteiger partial charge in [-0.1, -0.05) is 48.5 Å². The molecule has 0 fully saturated rings. The smallest absolute Gasteiger partial charge is 0.165 e. The maximum absolute atomic E-state index is 13.8. The molecule has 4 rings (SSSR count). The van der Waals surface area contributed by atoms with Crippen molar-refractivity contribution in [1.29, 1.82) is 0 Å². The van der Waals surface area contributed by atoms with E-state index < -0.39 is 59.2 Å². The lowest BCUT2D eigenvalue weighted by molar-refractivity contribution is -0.170. The predicted molar refractivity (Wildman–Crippen MR) is 157 cm³/mol. The number of aromatic hydroxyl groups is 2. The second-order valence-electron chi connectivity index (χ2n) is 10.5. The SMILES string of the molecule is Oc1c(F)cccc1COC[C@@H](OCc1ccc(F)cc1)[C@@H](O)[C@H](O)[C@@H](COCc1cccc(F)c1O)OCc1ccc(F)cc1. The summed E-state index contributed by atoms with van der Waals surface area (Å²) in [6.07, 6.45) is -5.79. The summed E-state index contributed by atoms with van der Waals surface area (Å²) in [6.45, 7) is -1.41. The van der Waals surface area contributed by atoms with Crippen molar-refractivity contribution in [2.24, 2.45) is 0 Å². The van der Waals surface area contributed by atoms with Gasteiger partial charge in [-0.3, -0.25) is 0 Å². The first kappa shape index (κ1) is 34.8. The van der Waals surface area contributed by atoms with Gasteiger partial charge in [-0.05, 0) is 47.5 Å². The lowest BCUT2D eigenvalue weighted by Crippen LogP contribution is -2.49. The Labute approximate surface area is 263 Å². The number of para-hydroxylation sites is 2. The number of aliphatic hydroxyl groups is 2. The molecule has 0 heterocycles. The molecule has 0 unspecified atom stereocenters. The standard InChI is InChI=1S/C34H34F4O8/c35-25-11-7-21(8-12-25)15-45-29(19-43-17-23-3-1-5-27(37)31(23)39)33(41)34(42)30(46-16-22-9-13-26(36)14-10-22)20-44-18-24-4-2-6-28(38)32(24)40/h1-14,29-30,33-34,39-42H,15-20H2/t29-,30-,33-,34-/m1/s1. The quantitative estimate of drug-likeness (QED) is 0.115. The highest BCUT2D eigenvalue weighted by atomic mass is 19.1. The van der Waals surface area contributed by atoms with Crippen molar-refractivity contribution in [2.45, 2.75) is 50.8 Å². The van der Waals surface area contributed by atoms with Gasteiger partial charge in [0.15, 0.2) is 23.1 Å². The van der Waals surface area contributed by atoms with Crippen LogP contribution in [0.2, 0.25) is 0 Å². The molecule has 0 amide bonds. The largest absolute Gasteiger partial charge is 0.505 e. The molecule has 12 heteroatoms. The number of halogens is 4. The number of benzene rings is 4. The van der Waals surface area contributed by atoms with E-state index in [9.17, 15) is 38.0 Å². The Hall–Kier alpha value is -4.04.